The van der Waals surface area contributed by atoms with Crippen LogP contribution in [-0.4, -0.2) is 19.7 Å². The van der Waals surface area contributed by atoms with Gasteiger partial charge in [0.25, 0.3) is 0 Å². The van der Waals surface area contributed by atoms with Gasteiger partial charge in [0.2, 0.25) is 0 Å². The van der Waals surface area contributed by atoms with Gasteiger partial charge >= 0.3 is 0 Å². The molecule has 6 heteroatoms. The Labute approximate surface area is 198 Å². The first kappa shape index (κ1) is 21.4. The molecule has 164 valence electrons. The lowest BCUT2D eigenvalue weighted by molar-refractivity contribution is 0.247. The predicted molar refractivity (Wildman–Crippen MR) is 134 cm³/mol. The number of thiazole rings is 1. The fourth-order valence-corrected chi connectivity index (χ4v) is 6.38. The molecule has 2 aromatic carbocycles. The highest BCUT2D eigenvalue weighted by Gasteiger charge is 2.28. The van der Waals surface area contributed by atoms with E-state index in [9.17, 15) is 0 Å². The van der Waals surface area contributed by atoms with Crippen LogP contribution in [-0.2, 0) is 5.75 Å². The van der Waals surface area contributed by atoms with Crippen LogP contribution in [0, 0.1) is 12.8 Å². The molecule has 32 heavy (non-hydrogen) atoms. The Morgan fingerprint density at radius 1 is 1.00 bits per heavy atom. The molecule has 0 saturated heterocycles. The van der Waals surface area contributed by atoms with Gasteiger partial charge in [-0.05, 0) is 31.7 Å². The van der Waals surface area contributed by atoms with Gasteiger partial charge in [-0.1, -0.05) is 85.6 Å². The van der Waals surface area contributed by atoms with Gasteiger partial charge in [-0.3, -0.25) is 4.57 Å². The lowest BCUT2D eigenvalue weighted by Crippen LogP contribution is -2.22. The molecule has 0 amide bonds. The first-order valence-corrected chi connectivity index (χ1v) is 13.2. The van der Waals surface area contributed by atoms with E-state index in [1.807, 2.05) is 6.07 Å². The molecule has 1 aliphatic rings. The Morgan fingerprint density at radius 3 is 2.62 bits per heavy atom. The number of hydrogen-bond acceptors (Lipinski definition) is 5. The maximum atomic E-state index is 4.87. The molecular weight excluding hydrogens is 432 g/mol. The number of benzene rings is 2. The second kappa shape index (κ2) is 9.59. The van der Waals surface area contributed by atoms with E-state index in [1.165, 1.54) is 36.8 Å². The van der Waals surface area contributed by atoms with Crippen molar-refractivity contribution < 1.29 is 0 Å². The molecule has 1 fully saturated rings. The molecule has 5 rings (SSSR count). The zero-order valence-corrected chi connectivity index (χ0v) is 20.2. The van der Waals surface area contributed by atoms with E-state index in [2.05, 4.69) is 82.5 Å². The third-order valence-electron chi connectivity index (χ3n) is 6.26. The molecule has 0 aliphatic heterocycles. The van der Waals surface area contributed by atoms with Crippen molar-refractivity contribution in [2.24, 2.45) is 5.92 Å². The average Bonchev–Trinajstić information content (AvgIpc) is 3.46. The minimum absolute atomic E-state index is 0.451. The molecule has 4 nitrogen and oxygen atoms in total. The summed E-state index contributed by atoms with van der Waals surface area (Å²) in [6, 6.07) is 19.5. The van der Waals surface area contributed by atoms with Gasteiger partial charge in [0, 0.05) is 28.3 Å². The highest BCUT2D eigenvalue weighted by molar-refractivity contribution is 7.98. The first-order chi connectivity index (χ1) is 15.7. The van der Waals surface area contributed by atoms with Crippen LogP contribution >= 0.6 is 23.1 Å². The smallest absolute Gasteiger partial charge is 0.192 e. The Bertz CT molecular complexity index is 1180. The number of aryl methyl sites for hydroxylation is 1. The molecule has 0 N–H and O–H groups in total. The summed E-state index contributed by atoms with van der Waals surface area (Å²) in [6.07, 6.45) is 5.06. The van der Waals surface area contributed by atoms with Crippen LogP contribution in [0.25, 0.3) is 22.0 Å². The molecule has 2 atom stereocenters. The van der Waals surface area contributed by atoms with E-state index < -0.39 is 0 Å². The van der Waals surface area contributed by atoms with Crippen LogP contribution in [0.4, 0.5) is 0 Å². The molecule has 2 heterocycles. The normalized spacial score (nSPS) is 18.7. The van der Waals surface area contributed by atoms with Gasteiger partial charge in [0.15, 0.2) is 11.0 Å². The van der Waals surface area contributed by atoms with Crippen molar-refractivity contribution in [2.75, 3.05) is 0 Å². The lowest BCUT2D eigenvalue weighted by Gasteiger charge is -2.31. The molecular formula is C26H28N4S2. The molecule has 1 aliphatic carbocycles. The van der Waals surface area contributed by atoms with E-state index >= 15 is 0 Å². The highest BCUT2D eigenvalue weighted by Crippen LogP contribution is 2.39. The largest absolute Gasteiger partial charge is 0.299 e. The Morgan fingerprint density at radius 2 is 1.81 bits per heavy atom. The van der Waals surface area contributed by atoms with Crippen LogP contribution < -0.4 is 0 Å². The summed E-state index contributed by atoms with van der Waals surface area (Å²) < 4.78 is 2.42. The van der Waals surface area contributed by atoms with Crippen LogP contribution in [0.15, 0.2) is 65.1 Å². The maximum absolute atomic E-state index is 4.87. The van der Waals surface area contributed by atoms with Crippen molar-refractivity contribution in [1.82, 2.24) is 19.7 Å². The number of thioether (sulfide) groups is 1. The summed E-state index contributed by atoms with van der Waals surface area (Å²) in [5, 5.41) is 13.6. The highest BCUT2D eigenvalue weighted by atomic mass is 32.2. The summed E-state index contributed by atoms with van der Waals surface area (Å²) in [5.41, 5.74) is 4.68. The number of rotatable bonds is 6. The molecule has 0 unspecified atom stereocenters. The van der Waals surface area contributed by atoms with Crippen molar-refractivity contribution in [3.63, 3.8) is 0 Å². The standard InChI is InChI=1S/C26H28N4S2/c1-18-9-8-13-21(15-18)24-28-29-26(30(24)23-14-7-6-10-19(23)2)32-17-22-16-31-25(27-22)20-11-4-3-5-12-20/h3-5,8-9,11-13,15-16,19,23H,6-7,10,14,17H2,1-2H3/t19-,23+/m0/s1. The minimum Gasteiger partial charge on any atom is -0.299 e. The predicted octanol–water partition coefficient (Wildman–Crippen LogP) is 7.42. The second-order valence-corrected chi connectivity index (χ2v) is 10.5. The second-order valence-electron chi connectivity index (χ2n) is 8.67. The molecule has 2 aromatic heterocycles. The first-order valence-electron chi connectivity index (χ1n) is 11.3. The van der Waals surface area contributed by atoms with Crippen molar-refractivity contribution in [1.29, 1.82) is 0 Å². The summed E-state index contributed by atoms with van der Waals surface area (Å²) in [6.45, 7) is 4.51. The Kier molecular flexibility index (Phi) is 6.42. The van der Waals surface area contributed by atoms with Crippen molar-refractivity contribution >= 4 is 23.1 Å². The zero-order valence-electron chi connectivity index (χ0n) is 18.6. The fraction of sp³-hybridized carbons (Fsp3) is 0.346. The van der Waals surface area contributed by atoms with Gasteiger partial charge in [0.1, 0.15) is 5.01 Å². The Balaban J connectivity index is 1.43. The molecule has 1 saturated carbocycles. The zero-order chi connectivity index (χ0) is 21.9. The fourth-order valence-electron chi connectivity index (χ4n) is 4.56. The monoisotopic (exact) mass is 460 g/mol. The van der Waals surface area contributed by atoms with Gasteiger partial charge in [-0.25, -0.2) is 4.98 Å². The van der Waals surface area contributed by atoms with Gasteiger partial charge in [-0.2, -0.15) is 0 Å². The van der Waals surface area contributed by atoms with E-state index in [0.717, 1.165) is 33.0 Å². The summed E-state index contributed by atoms with van der Waals surface area (Å²) in [5.74, 6) is 2.43. The van der Waals surface area contributed by atoms with Crippen LogP contribution in [0.3, 0.4) is 0 Å². The van der Waals surface area contributed by atoms with E-state index in [0.29, 0.717) is 12.0 Å². The van der Waals surface area contributed by atoms with Crippen molar-refractivity contribution in [3.8, 4) is 22.0 Å². The topological polar surface area (TPSA) is 43.6 Å². The molecule has 0 spiro atoms. The SMILES string of the molecule is Cc1cccc(-c2nnc(SCc3csc(-c4ccccc4)n3)n2[C@@H]2CCCC[C@@H]2C)c1. The van der Waals surface area contributed by atoms with Crippen molar-refractivity contribution in [3.05, 3.63) is 71.2 Å². The van der Waals surface area contributed by atoms with Crippen LogP contribution in [0.2, 0.25) is 0 Å². The third-order valence-corrected chi connectivity index (χ3v) is 8.18. The summed E-state index contributed by atoms with van der Waals surface area (Å²) in [7, 11) is 0. The summed E-state index contributed by atoms with van der Waals surface area (Å²) >= 11 is 3.46. The molecule has 0 bridgehead atoms. The van der Waals surface area contributed by atoms with E-state index in [4.69, 9.17) is 4.98 Å². The molecule has 0 radical (unpaired) electrons. The Hall–Kier alpha value is -2.44. The average molecular weight is 461 g/mol. The van der Waals surface area contributed by atoms with E-state index in [-0.39, 0.29) is 0 Å². The number of aromatic nitrogens is 4. The third kappa shape index (κ3) is 4.52. The number of nitrogens with zero attached hydrogens (tertiary/aromatic N) is 4. The quantitative estimate of drug-likeness (QED) is 0.281. The van der Waals surface area contributed by atoms with E-state index in [1.54, 1.807) is 23.1 Å². The van der Waals surface area contributed by atoms with Gasteiger partial charge in [0.05, 0.1) is 5.69 Å². The lowest BCUT2D eigenvalue weighted by atomic mass is 9.85. The van der Waals surface area contributed by atoms with Crippen LogP contribution in [0.5, 0.6) is 0 Å². The maximum Gasteiger partial charge on any atom is 0.192 e. The van der Waals surface area contributed by atoms with Gasteiger partial charge < -0.3 is 0 Å². The molecule has 4 aromatic rings. The minimum atomic E-state index is 0.451. The van der Waals surface area contributed by atoms with Crippen LogP contribution in [0.1, 0.15) is 49.9 Å². The number of hydrogen-bond donors (Lipinski definition) is 0. The van der Waals surface area contributed by atoms with Gasteiger partial charge in [-0.15, -0.1) is 21.5 Å². The van der Waals surface area contributed by atoms with Crippen molar-refractivity contribution in [2.45, 2.75) is 56.5 Å². The summed E-state index contributed by atoms with van der Waals surface area (Å²) in [4.78, 5) is 4.87.